The van der Waals surface area contributed by atoms with Crippen molar-refractivity contribution in [1.82, 2.24) is 10.4 Å². The molecule has 1 aliphatic rings. The minimum Gasteiger partial charge on any atom is -0.455 e. The molecule has 4 rings (SSSR count). The van der Waals surface area contributed by atoms with Crippen LogP contribution in [-0.4, -0.2) is 22.5 Å². The van der Waals surface area contributed by atoms with E-state index < -0.39 is 0 Å². The third-order valence-electron chi connectivity index (χ3n) is 4.89. The largest absolute Gasteiger partial charge is 0.455 e. The lowest BCUT2D eigenvalue weighted by Gasteiger charge is -2.13. The molecule has 2 heterocycles. The number of fused-ring (bicyclic) bond motifs is 1. The molecule has 2 N–H and O–H groups in total. The van der Waals surface area contributed by atoms with Crippen LogP contribution in [0.1, 0.15) is 50.6 Å². The molecule has 152 valence electrons. The van der Waals surface area contributed by atoms with Crippen molar-refractivity contribution >= 4 is 39.1 Å². The molecule has 7 nitrogen and oxygen atoms in total. The molecule has 0 aliphatic heterocycles. The van der Waals surface area contributed by atoms with Crippen LogP contribution in [0, 0.1) is 6.92 Å². The number of aryl methyl sites for hydroxylation is 1. The van der Waals surface area contributed by atoms with E-state index in [4.69, 9.17) is 4.42 Å². The number of nitrogens with zero attached hydrogens (tertiary/aromatic N) is 2. The van der Waals surface area contributed by atoms with Crippen molar-refractivity contribution in [3.05, 3.63) is 81.5 Å². The molecule has 0 unspecified atom stereocenters. The van der Waals surface area contributed by atoms with Gasteiger partial charge >= 0.3 is 0 Å². The van der Waals surface area contributed by atoms with Gasteiger partial charge in [0.2, 0.25) is 0 Å². The summed E-state index contributed by atoms with van der Waals surface area (Å²) in [7, 11) is 0. The second-order valence-corrected chi connectivity index (χ2v) is 7.73. The summed E-state index contributed by atoms with van der Waals surface area (Å²) in [4.78, 5) is 29.0. The molecule has 0 radical (unpaired) electrons. The molecule has 1 aliphatic carbocycles. The van der Waals surface area contributed by atoms with Crippen molar-refractivity contribution < 1.29 is 14.0 Å². The third-order valence-corrected chi connectivity index (χ3v) is 5.58. The lowest BCUT2D eigenvalue weighted by atomic mass is 9.93. The molecule has 0 atom stereocenters. The highest BCUT2D eigenvalue weighted by molar-refractivity contribution is 9.10. The number of nitrogens with one attached hydrogen (secondary N) is 2. The van der Waals surface area contributed by atoms with Gasteiger partial charge in [0.1, 0.15) is 5.76 Å². The summed E-state index contributed by atoms with van der Waals surface area (Å²) in [6.45, 7) is 1.84. The molecule has 0 saturated carbocycles. The lowest BCUT2D eigenvalue weighted by molar-refractivity contribution is 0.0953. The van der Waals surface area contributed by atoms with Gasteiger partial charge in [0.05, 0.1) is 11.4 Å². The predicted octanol–water partition coefficient (Wildman–Crippen LogP) is 4.47. The van der Waals surface area contributed by atoms with Gasteiger partial charge in [0, 0.05) is 40.0 Å². The topological polar surface area (TPSA) is 96.6 Å². The Balaban J connectivity index is 1.58. The van der Waals surface area contributed by atoms with E-state index in [1.165, 1.54) is 0 Å². The van der Waals surface area contributed by atoms with Crippen LogP contribution in [0.4, 0.5) is 5.69 Å². The normalized spacial score (nSPS) is 14.3. The van der Waals surface area contributed by atoms with Crippen LogP contribution in [-0.2, 0) is 6.42 Å². The number of carbonyl (C=O) groups excluding carboxylic acids is 2. The average Bonchev–Trinajstić information content (AvgIpc) is 3.11. The van der Waals surface area contributed by atoms with E-state index in [9.17, 15) is 9.59 Å². The van der Waals surface area contributed by atoms with E-state index >= 15 is 0 Å². The summed E-state index contributed by atoms with van der Waals surface area (Å²) < 4.78 is 6.69. The summed E-state index contributed by atoms with van der Waals surface area (Å²) in [5.41, 5.74) is 5.95. The fourth-order valence-corrected chi connectivity index (χ4v) is 3.81. The fourth-order valence-electron chi connectivity index (χ4n) is 3.42. The minimum atomic E-state index is -0.325. The van der Waals surface area contributed by atoms with Gasteiger partial charge in [-0.1, -0.05) is 12.1 Å². The van der Waals surface area contributed by atoms with Crippen LogP contribution in [0.5, 0.6) is 0 Å². The molecule has 2 amide bonds. The molecule has 3 aromatic rings. The first-order valence-electron chi connectivity index (χ1n) is 9.50. The van der Waals surface area contributed by atoms with Crippen LogP contribution < -0.4 is 10.7 Å². The van der Waals surface area contributed by atoms with Crippen molar-refractivity contribution in [2.75, 3.05) is 5.32 Å². The van der Waals surface area contributed by atoms with E-state index in [1.807, 2.05) is 31.2 Å². The van der Waals surface area contributed by atoms with Gasteiger partial charge in [0.25, 0.3) is 11.8 Å². The Morgan fingerprint density at radius 2 is 1.87 bits per heavy atom. The number of aromatic nitrogens is 1. The second kappa shape index (κ2) is 8.62. The van der Waals surface area contributed by atoms with Crippen LogP contribution in [0.25, 0.3) is 0 Å². The Labute approximate surface area is 181 Å². The van der Waals surface area contributed by atoms with Crippen LogP contribution in [0.15, 0.2) is 62.8 Å². The van der Waals surface area contributed by atoms with Crippen molar-refractivity contribution in [3.63, 3.8) is 0 Å². The molecule has 0 saturated heterocycles. The maximum Gasteiger partial charge on any atom is 0.291 e. The first kappa shape index (κ1) is 20.0. The number of hydrogen-bond donors (Lipinski definition) is 2. The molecule has 0 bridgehead atoms. The highest BCUT2D eigenvalue weighted by Gasteiger charge is 2.28. The number of rotatable bonds is 4. The highest BCUT2D eigenvalue weighted by Crippen LogP contribution is 2.31. The summed E-state index contributed by atoms with van der Waals surface area (Å²) in [6, 6.07) is 10.6. The summed E-state index contributed by atoms with van der Waals surface area (Å²) >= 11 is 3.43. The Hall–Kier alpha value is -3.26. The molecular weight excluding hydrogens is 448 g/mol. The average molecular weight is 467 g/mol. The van der Waals surface area contributed by atoms with E-state index in [-0.39, 0.29) is 17.6 Å². The number of carbonyl (C=O) groups is 2. The van der Waals surface area contributed by atoms with E-state index in [2.05, 4.69) is 36.8 Å². The van der Waals surface area contributed by atoms with Crippen LogP contribution >= 0.6 is 15.9 Å². The van der Waals surface area contributed by atoms with Gasteiger partial charge in [-0.3, -0.25) is 14.6 Å². The second-order valence-electron chi connectivity index (χ2n) is 6.88. The van der Waals surface area contributed by atoms with E-state index in [0.717, 1.165) is 22.9 Å². The molecule has 1 aromatic carbocycles. The molecule has 2 aromatic heterocycles. The number of para-hydroxylation sites is 1. The van der Waals surface area contributed by atoms with Crippen molar-refractivity contribution in [1.29, 1.82) is 0 Å². The van der Waals surface area contributed by atoms with Crippen molar-refractivity contribution in [2.45, 2.75) is 26.2 Å². The van der Waals surface area contributed by atoms with Crippen LogP contribution in [0.2, 0.25) is 0 Å². The van der Waals surface area contributed by atoms with Gasteiger partial charge in [-0.15, -0.1) is 0 Å². The summed E-state index contributed by atoms with van der Waals surface area (Å²) in [5.74, 6) is 0.331. The Morgan fingerprint density at radius 3 is 2.63 bits per heavy atom. The first-order valence-corrected chi connectivity index (χ1v) is 10.3. The van der Waals surface area contributed by atoms with Crippen LogP contribution in [0.3, 0.4) is 0 Å². The van der Waals surface area contributed by atoms with E-state index in [0.29, 0.717) is 34.7 Å². The number of benzene rings is 1. The highest BCUT2D eigenvalue weighted by atomic mass is 79.9. The number of anilines is 1. The quantitative estimate of drug-likeness (QED) is 0.554. The number of halogens is 1. The number of pyridine rings is 1. The zero-order valence-electron chi connectivity index (χ0n) is 16.2. The first-order chi connectivity index (χ1) is 14.5. The van der Waals surface area contributed by atoms with Crippen molar-refractivity contribution in [3.8, 4) is 0 Å². The Bertz CT molecular complexity index is 1140. The zero-order valence-corrected chi connectivity index (χ0v) is 17.8. The SMILES string of the molecule is Cc1c(C(=O)Nc2ccccc2Br)oc2c1/C(=N/NC(=O)c1ccncc1)CCC2. The van der Waals surface area contributed by atoms with Gasteiger partial charge in [-0.2, -0.15) is 5.10 Å². The summed E-state index contributed by atoms with van der Waals surface area (Å²) in [5, 5.41) is 7.20. The standard InChI is InChI=1S/C22H19BrN4O3/c1-13-19-17(26-27-21(28)14-9-11-24-12-10-14)7-4-8-18(19)30-20(13)22(29)25-16-6-3-2-5-15(16)23/h2-3,5-6,9-12H,4,7-8H2,1H3,(H,25,29)(H,27,28)/b26-17+. The maximum atomic E-state index is 12.8. The Kier molecular flexibility index (Phi) is 5.76. The lowest BCUT2D eigenvalue weighted by Crippen LogP contribution is -2.22. The van der Waals surface area contributed by atoms with Gasteiger partial charge in [0.15, 0.2) is 5.76 Å². The number of hydrogen-bond acceptors (Lipinski definition) is 5. The van der Waals surface area contributed by atoms with Crippen molar-refractivity contribution in [2.24, 2.45) is 5.10 Å². The molecular formula is C22H19BrN4O3. The fraction of sp³-hybridized carbons (Fsp3) is 0.182. The molecule has 30 heavy (non-hydrogen) atoms. The monoisotopic (exact) mass is 466 g/mol. The third kappa shape index (κ3) is 4.04. The summed E-state index contributed by atoms with van der Waals surface area (Å²) in [6.07, 6.45) is 5.34. The smallest absolute Gasteiger partial charge is 0.291 e. The van der Waals surface area contributed by atoms with Gasteiger partial charge < -0.3 is 9.73 Å². The molecule has 0 fully saturated rings. The zero-order chi connectivity index (χ0) is 21.1. The number of hydrazone groups is 1. The number of amides is 2. The van der Waals surface area contributed by atoms with Gasteiger partial charge in [-0.05, 0) is 60.0 Å². The molecule has 8 heteroatoms. The Morgan fingerprint density at radius 1 is 1.10 bits per heavy atom. The van der Waals surface area contributed by atoms with Gasteiger partial charge in [-0.25, -0.2) is 5.43 Å². The maximum absolute atomic E-state index is 12.8. The predicted molar refractivity (Wildman–Crippen MR) is 117 cm³/mol. The molecule has 0 spiro atoms. The minimum absolute atomic E-state index is 0.255. The van der Waals surface area contributed by atoms with E-state index in [1.54, 1.807) is 24.5 Å². The number of furan rings is 1.